The molecule has 0 aliphatic carbocycles. The standard InChI is InChI=1S/C5H8OS/c1-2-3-4-5(6)7/h3-4H,2H2,1H3,(H,6,7)/p-1/b4-3+. The monoisotopic (exact) mass is 115 g/mol. The molecule has 0 spiro atoms. The van der Waals surface area contributed by atoms with Crippen LogP contribution in [-0.2, 0) is 17.4 Å². The van der Waals surface area contributed by atoms with E-state index in [-0.39, 0.29) is 5.12 Å². The summed E-state index contributed by atoms with van der Waals surface area (Å²) in [5.41, 5.74) is 0. The van der Waals surface area contributed by atoms with Gasteiger partial charge in [0.15, 0.2) is 0 Å². The molecule has 0 N–H and O–H groups in total. The molecule has 0 amide bonds. The number of allylic oxidation sites excluding steroid dienone is 1. The average Bonchev–Trinajstić information content (AvgIpc) is 1.61. The van der Waals surface area contributed by atoms with Crippen LogP contribution in [0.1, 0.15) is 13.3 Å². The van der Waals surface area contributed by atoms with Crippen molar-refractivity contribution in [1.82, 2.24) is 0 Å². The molecule has 1 nitrogen and oxygen atoms in total. The van der Waals surface area contributed by atoms with Crippen LogP contribution in [0.15, 0.2) is 12.2 Å². The normalized spacial score (nSPS) is 9.86. The van der Waals surface area contributed by atoms with Crippen LogP contribution >= 0.6 is 0 Å². The Balaban J connectivity index is 3.26. The summed E-state index contributed by atoms with van der Waals surface area (Å²) in [5.74, 6) is 0. The van der Waals surface area contributed by atoms with Crippen LogP contribution in [0, 0.1) is 0 Å². The van der Waals surface area contributed by atoms with Crippen molar-refractivity contribution in [2.45, 2.75) is 13.3 Å². The van der Waals surface area contributed by atoms with E-state index >= 15 is 0 Å². The van der Waals surface area contributed by atoms with Crippen molar-refractivity contribution in [3.63, 3.8) is 0 Å². The van der Waals surface area contributed by atoms with Gasteiger partial charge in [0.2, 0.25) is 0 Å². The van der Waals surface area contributed by atoms with Gasteiger partial charge >= 0.3 is 0 Å². The third-order valence-corrected chi connectivity index (χ3v) is 0.626. The van der Waals surface area contributed by atoms with Gasteiger partial charge in [0.25, 0.3) is 0 Å². The van der Waals surface area contributed by atoms with Gasteiger partial charge in [0.05, 0.1) is 0 Å². The molecule has 40 valence electrons. The van der Waals surface area contributed by atoms with E-state index in [0.717, 1.165) is 6.42 Å². The van der Waals surface area contributed by atoms with E-state index in [9.17, 15) is 4.79 Å². The largest absolute Gasteiger partial charge is 0.737 e. The molecular weight excluding hydrogens is 108 g/mol. The van der Waals surface area contributed by atoms with Crippen LogP contribution in [0.4, 0.5) is 0 Å². The smallest absolute Gasteiger partial charge is 0.0346 e. The molecule has 7 heavy (non-hydrogen) atoms. The third kappa shape index (κ3) is 5.63. The summed E-state index contributed by atoms with van der Waals surface area (Å²) in [6, 6.07) is 0. The van der Waals surface area contributed by atoms with E-state index in [0.29, 0.717) is 0 Å². The highest BCUT2D eigenvalue weighted by molar-refractivity contribution is 7.77. The van der Waals surface area contributed by atoms with Crippen molar-refractivity contribution in [2.24, 2.45) is 0 Å². The topological polar surface area (TPSA) is 17.1 Å². The highest BCUT2D eigenvalue weighted by Gasteiger charge is 1.65. The molecule has 0 aliphatic heterocycles. The minimum absolute atomic E-state index is 0.290. The minimum Gasteiger partial charge on any atom is -0.737 e. The summed E-state index contributed by atoms with van der Waals surface area (Å²) in [6.07, 6.45) is 4.02. The second kappa shape index (κ2) is 3.81. The number of carbonyl (C=O) groups is 1. The van der Waals surface area contributed by atoms with Gasteiger partial charge in [-0.2, -0.15) is 0 Å². The second-order valence-corrected chi connectivity index (χ2v) is 1.53. The van der Waals surface area contributed by atoms with E-state index in [1.54, 1.807) is 6.08 Å². The molecule has 0 unspecified atom stereocenters. The Kier molecular flexibility index (Phi) is 3.61. The fourth-order valence-electron chi connectivity index (χ4n) is 0.214. The highest BCUT2D eigenvalue weighted by Crippen LogP contribution is 1.77. The number of rotatable bonds is 2. The maximum absolute atomic E-state index is 9.93. The Morgan fingerprint density at radius 2 is 2.43 bits per heavy atom. The van der Waals surface area contributed by atoms with Gasteiger partial charge in [-0.25, -0.2) is 0 Å². The summed E-state index contributed by atoms with van der Waals surface area (Å²) in [6.45, 7) is 1.95. The molecule has 0 saturated heterocycles. The summed E-state index contributed by atoms with van der Waals surface area (Å²) >= 11 is 4.22. The molecule has 0 aromatic rings. The van der Waals surface area contributed by atoms with Gasteiger partial charge in [-0.05, 0) is 12.5 Å². The van der Waals surface area contributed by atoms with Gasteiger partial charge in [0.1, 0.15) is 0 Å². The summed E-state index contributed by atoms with van der Waals surface area (Å²) in [7, 11) is 0. The van der Waals surface area contributed by atoms with Crippen molar-refractivity contribution in [3.05, 3.63) is 12.2 Å². The molecule has 0 heterocycles. The van der Waals surface area contributed by atoms with Gasteiger partial charge in [0, 0.05) is 5.12 Å². The molecule has 0 fully saturated rings. The van der Waals surface area contributed by atoms with Crippen LogP contribution in [0.5, 0.6) is 0 Å². The lowest BCUT2D eigenvalue weighted by atomic mass is 10.4. The Hall–Kier alpha value is -0.370. The third-order valence-electron chi connectivity index (χ3n) is 0.490. The van der Waals surface area contributed by atoms with Crippen LogP contribution in [-0.4, -0.2) is 5.12 Å². The maximum Gasteiger partial charge on any atom is 0.0346 e. The fourth-order valence-corrected chi connectivity index (χ4v) is 0.310. The quantitative estimate of drug-likeness (QED) is 0.395. The molecule has 0 atom stereocenters. The highest BCUT2D eigenvalue weighted by atomic mass is 32.1. The predicted molar refractivity (Wildman–Crippen MR) is 31.8 cm³/mol. The number of hydrogen-bond acceptors (Lipinski definition) is 2. The van der Waals surface area contributed by atoms with Crippen molar-refractivity contribution in [2.75, 3.05) is 0 Å². The van der Waals surface area contributed by atoms with Gasteiger partial charge < -0.3 is 17.4 Å². The van der Waals surface area contributed by atoms with E-state index in [2.05, 4.69) is 12.6 Å². The lowest BCUT2D eigenvalue weighted by molar-refractivity contribution is -0.106. The number of hydrogen-bond donors (Lipinski definition) is 0. The molecule has 0 radical (unpaired) electrons. The zero-order valence-corrected chi connectivity index (χ0v) is 4.99. The molecule has 0 saturated carbocycles. The fraction of sp³-hybridized carbons (Fsp3) is 0.400. The molecule has 0 bridgehead atoms. The van der Waals surface area contributed by atoms with Crippen LogP contribution in [0.2, 0.25) is 0 Å². The van der Waals surface area contributed by atoms with Gasteiger partial charge in [-0.3, -0.25) is 0 Å². The first-order valence-electron chi connectivity index (χ1n) is 2.15. The Bertz CT molecular complexity index is 86.1. The first-order valence-corrected chi connectivity index (χ1v) is 2.55. The molecule has 2 heteroatoms. The van der Waals surface area contributed by atoms with E-state index in [1.807, 2.05) is 6.92 Å². The summed E-state index contributed by atoms with van der Waals surface area (Å²) in [4.78, 5) is 9.93. The zero-order chi connectivity index (χ0) is 5.70. The summed E-state index contributed by atoms with van der Waals surface area (Å²) in [5, 5.41) is -0.290. The SMILES string of the molecule is CC/C=C/C(=O)[S-]. The van der Waals surface area contributed by atoms with Crippen LogP contribution < -0.4 is 0 Å². The van der Waals surface area contributed by atoms with E-state index in [4.69, 9.17) is 0 Å². The van der Waals surface area contributed by atoms with Crippen LogP contribution in [0.25, 0.3) is 0 Å². The Morgan fingerprint density at radius 1 is 1.86 bits per heavy atom. The van der Waals surface area contributed by atoms with Crippen molar-refractivity contribution in [1.29, 1.82) is 0 Å². The lowest BCUT2D eigenvalue weighted by Gasteiger charge is -1.89. The minimum atomic E-state index is -0.290. The predicted octanol–water partition coefficient (Wildman–Crippen LogP) is 1.03. The Labute approximate surface area is 48.8 Å². The van der Waals surface area contributed by atoms with Crippen molar-refractivity contribution >= 4 is 17.7 Å². The first kappa shape index (κ1) is 6.63. The molecule has 0 aromatic heterocycles. The molecule has 0 aliphatic rings. The van der Waals surface area contributed by atoms with Crippen LogP contribution in [0.3, 0.4) is 0 Å². The van der Waals surface area contributed by atoms with Gasteiger partial charge in [-0.1, -0.05) is 13.0 Å². The molecule has 0 rings (SSSR count). The lowest BCUT2D eigenvalue weighted by Crippen LogP contribution is -1.79. The molecular formula is C5H7OS-. The first-order chi connectivity index (χ1) is 3.27. The van der Waals surface area contributed by atoms with E-state index in [1.165, 1.54) is 6.08 Å². The maximum atomic E-state index is 9.93. The Morgan fingerprint density at radius 3 is 2.57 bits per heavy atom. The molecule has 0 aromatic carbocycles. The average molecular weight is 115 g/mol. The van der Waals surface area contributed by atoms with Crippen molar-refractivity contribution in [3.8, 4) is 0 Å². The second-order valence-electron chi connectivity index (χ2n) is 1.13. The summed E-state index contributed by atoms with van der Waals surface area (Å²) < 4.78 is 0. The number of carbonyl (C=O) groups excluding carboxylic acids is 1. The van der Waals surface area contributed by atoms with E-state index < -0.39 is 0 Å². The van der Waals surface area contributed by atoms with Gasteiger partial charge in [-0.15, -0.1) is 0 Å². The zero-order valence-electron chi connectivity index (χ0n) is 4.18. The van der Waals surface area contributed by atoms with Crippen molar-refractivity contribution < 1.29 is 4.79 Å².